The van der Waals surface area contributed by atoms with Gasteiger partial charge in [-0.1, -0.05) is 6.07 Å². The van der Waals surface area contributed by atoms with Gasteiger partial charge >= 0.3 is 0 Å². The third-order valence-electron chi connectivity index (χ3n) is 4.12. The summed E-state index contributed by atoms with van der Waals surface area (Å²) in [6, 6.07) is 9.82. The van der Waals surface area contributed by atoms with E-state index >= 15 is 0 Å². The average Bonchev–Trinajstić information content (AvgIpc) is 2.75. The maximum absolute atomic E-state index is 12.7. The molecule has 8 nitrogen and oxygen atoms in total. The lowest BCUT2D eigenvalue weighted by Crippen LogP contribution is -2.25. The van der Waals surface area contributed by atoms with Gasteiger partial charge in [-0.05, 0) is 36.8 Å². The van der Waals surface area contributed by atoms with E-state index in [4.69, 9.17) is 18.9 Å². The van der Waals surface area contributed by atoms with Gasteiger partial charge in [0.2, 0.25) is 5.75 Å². The zero-order chi connectivity index (χ0) is 21.2. The van der Waals surface area contributed by atoms with Gasteiger partial charge < -0.3 is 29.6 Å². The summed E-state index contributed by atoms with van der Waals surface area (Å²) in [6.45, 7) is 1.08. The van der Waals surface area contributed by atoms with Crippen LogP contribution in [0.15, 0.2) is 36.4 Å². The summed E-state index contributed by atoms with van der Waals surface area (Å²) in [5.41, 5.74) is 1.27. The van der Waals surface area contributed by atoms with Crippen molar-refractivity contribution in [3.63, 3.8) is 0 Å². The quantitative estimate of drug-likeness (QED) is 0.594. The summed E-state index contributed by atoms with van der Waals surface area (Å²) >= 11 is 0. The van der Waals surface area contributed by atoms with Gasteiger partial charge in [-0.2, -0.15) is 0 Å². The number of carbonyl (C=O) groups excluding carboxylic acids is 2. The van der Waals surface area contributed by atoms with Gasteiger partial charge in [0.15, 0.2) is 11.5 Å². The molecule has 0 bridgehead atoms. The summed E-state index contributed by atoms with van der Waals surface area (Å²) in [5.74, 6) is 0.563. The van der Waals surface area contributed by atoms with Crippen LogP contribution in [0.1, 0.15) is 27.1 Å². The summed E-state index contributed by atoms with van der Waals surface area (Å²) in [6.07, 6.45) is 0.722. The standard InChI is InChI=1S/C21H26N2O6/c1-26-10-6-9-22-20(24)14-7-5-8-16(11-14)23-21(25)15-12-17(27-2)19(29-4)18(13-15)28-3/h5,7-8,11-13H,6,9-10H2,1-4H3,(H,22,24)(H,23,25). The molecule has 0 radical (unpaired) electrons. The van der Waals surface area contributed by atoms with Crippen LogP contribution in [-0.2, 0) is 4.74 Å². The van der Waals surface area contributed by atoms with E-state index in [0.717, 1.165) is 6.42 Å². The summed E-state index contributed by atoms with van der Waals surface area (Å²) in [7, 11) is 6.06. The molecule has 0 saturated heterocycles. The number of rotatable bonds is 10. The molecule has 29 heavy (non-hydrogen) atoms. The van der Waals surface area contributed by atoms with Crippen molar-refractivity contribution >= 4 is 17.5 Å². The molecule has 2 rings (SSSR count). The van der Waals surface area contributed by atoms with E-state index in [2.05, 4.69) is 10.6 Å². The number of methoxy groups -OCH3 is 4. The Hall–Kier alpha value is -3.26. The van der Waals surface area contributed by atoms with Gasteiger partial charge in [0, 0.05) is 37.1 Å². The van der Waals surface area contributed by atoms with Gasteiger partial charge in [-0.15, -0.1) is 0 Å². The molecule has 2 aromatic rings. The van der Waals surface area contributed by atoms with E-state index in [0.29, 0.717) is 47.2 Å². The lowest BCUT2D eigenvalue weighted by atomic mass is 10.1. The minimum Gasteiger partial charge on any atom is -0.493 e. The number of anilines is 1. The van der Waals surface area contributed by atoms with Crippen molar-refractivity contribution in [2.75, 3.05) is 46.9 Å². The molecule has 2 amide bonds. The van der Waals surface area contributed by atoms with E-state index in [9.17, 15) is 9.59 Å². The highest BCUT2D eigenvalue weighted by molar-refractivity contribution is 6.06. The Kier molecular flexibility index (Phi) is 8.29. The average molecular weight is 402 g/mol. The second-order valence-corrected chi connectivity index (χ2v) is 6.05. The smallest absolute Gasteiger partial charge is 0.255 e. The normalized spacial score (nSPS) is 10.2. The first-order chi connectivity index (χ1) is 14.0. The molecule has 8 heteroatoms. The van der Waals surface area contributed by atoms with Gasteiger partial charge in [0.25, 0.3) is 11.8 Å². The minimum atomic E-state index is -0.373. The van der Waals surface area contributed by atoms with Crippen molar-refractivity contribution in [1.82, 2.24) is 5.32 Å². The number of amides is 2. The molecule has 0 spiro atoms. The lowest BCUT2D eigenvalue weighted by molar-refractivity contribution is 0.0947. The van der Waals surface area contributed by atoms with Crippen LogP contribution < -0.4 is 24.8 Å². The molecule has 0 heterocycles. The Labute approximate surface area is 170 Å². The van der Waals surface area contributed by atoms with Gasteiger partial charge in [0.05, 0.1) is 21.3 Å². The predicted molar refractivity (Wildman–Crippen MR) is 109 cm³/mol. The van der Waals surface area contributed by atoms with Crippen LogP contribution in [0.2, 0.25) is 0 Å². The van der Waals surface area contributed by atoms with Crippen LogP contribution in [0.3, 0.4) is 0 Å². The van der Waals surface area contributed by atoms with Crippen molar-refractivity contribution in [2.45, 2.75) is 6.42 Å². The molecular formula is C21H26N2O6. The Morgan fingerprint density at radius 3 is 2.14 bits per heavy atom. The molecule has 2 N–H and O–H groups in total. The Morgan fingerprint density at radius 1 is 0.862 bits per heavy atom. The number of ether oxygens (including phenoxy) is 4. The summed E-state index contributed by atoms with van der Waals surface area (Å²) in [5, 5.41) is 5.59. The van der Waals surface area contributed by atoms with E-state index < -0.39 is 0 Å². The lowest BCUT2D eigenvalue weighted by Gasteiger charge is -2.14. The van der Waals surface area contributed by atoms with Gasteiger partial charge in [0.1, 0.15) is 0 Å². The number of benzene rings is 2. The first-order valence-corrected chi connectivity index (χ1v) is 9.02. The van der Waals surface area contributed by atoms with E-state index in [1.165, 1.54) is 21.3 Å². The largest absolute Gasteiger partial charge is 0.493 e. The van der Waals surface area contributed by atoms with Crippen molar-refractivity contribution in [2.24, 2.45) is 0 Å². The second-order valence-electron chi connectivity index (χ2n) is 6.05. The zero-order valence-corrected chi connectivity index (χ0v) is 17.0. The van der Waals surface area contributed by atoms with Crippen LogP contribution in [-0.4, -0.2) is 53.4 Å². The highest BCUT2D eigenvalue weighted by Crippen LogP contribution is 2.38. The molecule has 0 aliphatic rings. The third-order valence-corrected chi connectivity index (χ3v) is 4.12. The highest BCUT2D eigenvalue weighted by atomic mass is 16.5. The fraction of sp³-hybridized carbons (Fsp3) is 0.333. The fourth-order valence-electron chi connectivity index (χ4n) is 2.67. The van der Waals surface area contributed by atoms with Crippen molar-refractivity contribution in [3.05, 3.63) is 47.5 Å². The van der Waals surface area contributed by atoms with Crippen molar-refractivity contribution in [1.29, 1.82) is 0 Å². The fourth-order valence-corrected chi connectivity index (χ4v) is 2.67. The van der Waals surface area contributed by atoms with Gasteiger partial charge in [-0.3, -0.25) is 9.59 Å². The van der Waals surface area contributed by atoms with E-state index in [1.54, 1.807) is 43.5 Å². The number of hydrogen-bond acceptors (Lipinski definition) is 6. The van der Waals surface area contributed by atoms with Crippen LogP contribution in [0.5, 0.6) is 17.2 Å². The second kappa shape index (κ2) is 10.9. The molecule has 0 aromatic heterocycles. The molecule has 0 atom stereocenters. The van der Waals surface area contributed by atoms with Crippen LogP contribution in [0, 0.1) is 0 Å². The minimum absolute atomic E-state index is 0.218. The number of carbonyl (C=O) groups is 2. The zero-order valence-electron chi connectivity index (χ0n) is 17.0. The molecule has 0 fully saturated rings. The topological polar surface area (TPSA) is 95.1 Å². The predicted octanol–water partition coefficient (Wildman–Crippen LogP) is 2.73. The SMILES string of the molecule is COCCCNC(=O)c1cccc(NC(=O)c2cc(OC)c(OC)c(OC)c2)c1. The first kappa shape index (κ1) is 22.0. The van der Waals surface area contributed by atoms with Crippen LogP contribution >= 0.6 is 0 Å². The number of hydrogen-bond donors (Lipinski definition) is 2. The molecule has 156 valence electrons. The van der Waals surface area contributed by atoms with Crippen molar-refractivity contribution in [3.8, 4) is 17.2 Å². The van der Waals surface area contributed by atoms with Crippen LogP contribution in [0.4, 0.5) is 5.69 Å². The van der Waals surface area contributed by atoms with Gasteiger partial charge in [-0.25, -0.2) is 0 Å². The Morgan fingerprint density at radius 2 is 1.55 bits per heavy atom. The Bertz CT molecular complexity index is 828. The third kappa shape index (κ3) is 5.86. The highest BCUT2D eigenvalue weighted by Gasteiger charge is 2.17. The molecular weight excluding hydrogens is 376 g/mol. The molecule has 0 unspecified atom stereocenters. The van der Waals surface area contributed by atoms with Crippen LogP contribution in [0.25, 0.3) is 0 Å². The maximum atomic E-state index is 12.7. The van der Waals surface area contributed by atoms with E-state index in [1.807, 2.05) is 0 Å². The Balaban J connectivity index is 2.14. The summed E-state index contributed by atoms with van der Waals surface area (Å²) < 4.78 is 20.8. The van der Waals surface area contributed by atoms with E-state index in [-0.39, 0.29) is 11.8 Å². The molecule has 0 saturated carbocycles. The number of nitrogens with one attached hydrogen (secondary N) is 2. The molecule has 2 aromatic carbocycles. The summed E-state index contributed by atoms with van der Waals surface area (Å²) in [4.78, 5) is 24.9. The maximum Gasteiger partial charge on any atom is 0.255 e. The van der Waals surface area contributed by atoms with Crippen molar-refractivity contribution < 1.29 is 28.5 Å². The molecule has 0 aliphatic carbocycles. The molecule has 0 aliphatic heterocycles. The first-order valence-electron chi connectivity index (χ1n) is 9.02. The monoisotopic (exact) mass is 402 g/mol.